The Balaban J connectivity index is 3.04. The van der Waals surface area contributed by atoms with Gasteiger partial charge in [-0.15, -0.1) is 0 Å². The van der Waals surface area contributed by atoms with Gasteiger partial charge in [0.15, 0.2) is 5.82 Å². The van der Waals surface area contributed by atoms with Gasteiger partial charge in [-0.3, -0.25) is 0 Å². The van der Waals surface area contributed by atoms with Crippen LogP contribution in [0.25, 0.3) is 0 Å². The third-order valence-electron chi connectivity index (χ3n) is 1.85. The number of hydrogen-bond donors (Lipinski definition) is 1. The van der Waals surface area contributed by atoms with Gasteiger partial charge in [0.25, 0.3) is 0 Å². The molecule has 14 heavy (non-hydrogen) atoms. The molecule has 0 unspecified atom stereocenters. The molecule has 0 saturated carbocycles. The SMILES string of the molecule is CC(C)(c1nc(CO)no1)C(F)(F)F. The molecule has 0 radical (unpaired) electrons. The van der Waals surface area contributed by atoms with Crippen molar-refractivity contribution in [3.8, 4) is 0 Å². The average Bonchev–Trinajstić information content (AvgIpc) is 2.49. The van der Waals surface area contributed by atoms with Gasteiger partial charge in [0.1, 0.15) is 12.0 Å². The van der Waals surface area contributed by atoms with Crippen LogP contribution in [0.5, 0.6) is 0 Å². The minimum atomic E-state index is -4.47. The molecule has 1 rings (SSSR count). The van der Waals surface area contributed by atoms with E-state index >= 15 is 0 Å². The largest absolute Gasteiger partial charge is 0.402 e. The summed E-state index contributed by atoms with van der Waals surface area (Å²) < 4.78 is 41.7. The number of alkyl halides is 3. The molecule has 80 valence electrons. The second kappa shape index (κ2) is 3.23. The molecule has 0 amide bonds. The van der Waals surface area contributed by atoms with Crippen molar-refractivity contribution in [1.29, 1.82) is 0 Å². The van der Waals surface area contributed by atoms with E-state index in [0.29, 0.717) is 0 Å². The fraction of sp³-hybridized carbons (Fsp3) is 0.714. The lowest BCUT2D eigenvalue weighted by Gasteiger charge is -2.22. The highest BCUT2D eigenvalue weighted by Gasteiger charge is 2.52. The van der Waals surface area contributed by atoms with Crippen molar-refractivity contribution in [2.75, 3.05) is 0 Å². The summed E-state index contributed by atoms with van der Waals surface area (Å²) >= 11 is 0. The Hall–Kier alpha value is -1.11. The van der Waals surface area contributed by atoms with Crippen LogP contribution in [0.2, 0.25) is 0 Å². The van der Waals surface area contributed by atoms with E-state index < -0.39 is 24.1 Å². The van der Waals surface area contributed by atoms with Crippen molar-refractivity contribution in [2.24, 2.45) is 0 Å². The molecular formula is C7H9F3N2O2. The number of halogens is 3. The van der Waals surface area contributed by atoms with Crippen LogP contribution in [0.3, 0.4) is 0 Å². The summed E-state index contributed by atoms with van der Waals surface area (Å²) in [6, 6.07) is 0. The number of aromatic nitrogens is 2. The quantitative estimate of drug-likeness (QED) is 0.801. The van der Waals surface area contributed by atoms with Crippen LogP contribution in [-0.2, 0) is 12.0 Å². The average molecular weight is 210 g/mol. The Kier molecular flexibility index (Phi) is 2.53. The predicted octanol–water partition coefficient (Wildman–Crippen LogP) is 1.40. The van der Waals surface area contributed by atoms with E-state index in [2.05, 4.69) is 14.7 Å². The van der Waals surface area contributed by atoms with E-state index in [1.54, 1.807) is 0 Å². The normalized spacial score (nSPS) is 13.3. The molecule has 0 spiro atoms. The van der Waals surface area contributed by atoms with Crippen LogP contribution >= 0.6 is 0 Å². The highest BCUT2D eigenvalue weighted by Crippen LogP contribution is 2.39. The summed E-state index contributed by atoms with van der Waals surface area (Å²) in [4.78, 5) is 3.42. The zero-order valence-electron chi connectivity index (χ0n) is 7.59. The van der Waals surface area contributed by atoms with Gasteiger partial charge in [0.05, 0.1) is 0 Å². The molecule has 1 aromatic rings. The van der Waals surface area contributed by atoms with Crippen LogP contribution in [-0.4, -0.2) is 21.4 Å². The van der Waals surface area contributed by atoms with Crippen molar-refractivity contribution in [3.05, 3.63) is 11.7 Å². The third kappa shape index (κ3) is 1.72. The fourth-order valence-corrected chi connectivity index (χ4v) is 0.693. The van der Waals surface area contributed by atoms with Crippen LogP contribution in [0.1, 0.15) is 25.6 Å². The first-order chi connectivity index (χ1) is 6.29. The van der Waals surface area contributed by atoms with Gasteiger partial charge < -0.3 is 9.63 Å². The topological polar surface area (TPSA) is 59.2 Å². The number of hydrogen-bond acceptors (Lipinski definition) is 4. The van der Waals surface area contributed by atoms with Crippen molar-refractivity contribution in [2.45, 2.75) is 32.0 Å². The lowest BCUT2D eigenvalue weighted by molar-refractivity contribution is -0.186. The molecule has 1 aromatic heterocycles. The summed E-state index contributed by atoms with van der Waals surface area (Å²) in [6.45, 7) is 1.32. The van der Waals surface area contributed by atoms with E-state index in [0.717, 1.165) is 13.8 Å². The molecule has 0 aliphatic rings. The molecule has 1 N–H and O–H groups in total. The first-order valence-electron chi connectivity index (χ1n) is 3.79. The summed E-state index contributed by atoms with van der Waals surface area (Å²) in [5.41, 5.74) is -2.20. The number of aliphatic hydroxyl groups excluding tert-OH is 1. The molecule has 0 saturated heterocycles. The molecule has 0 bridgehead atoms. The maximum atomic E-state index is 12.4. The van der Waals surface area contributed by atoms with Crippen molar-refractivity contribution in [1.82, 2.24) is 10.1 Å². The first kappa shape index (κ1) is 11.0. The Morgan fingerprint density at radius 3 is 2.29 bits per heavy atom. The van der Waals surface area contributed by atoms with Gasteiger partial charge in [-0.05, 0) is 13.8 Å². The lowest BCUT2D eigenvalue weighted by atomic mass is 9.93. The standard InChI is InChI=1S/C7H9F3N2O2/c1-6(2,7(8,9)10)5-11-4(3-13)12-14-5/h13H,3H2,1-2H3. The lowest BCUT2D eigenvalue weighted by Crippen LogP contribution is -2.36. The molecule has 4 nitrogen and oxygen atoms in total. The Bertz CT molecular complexity index is 319. The molecule has 1 heterocycles. The summed E-state index contributed by atoms with van der Waals surface area (Å²) in [7, 11) is 0. The molecular weight excluding hydrogens is 201 g/mol. The minimum Gasteiger partial charge on any atom is -0.388 e. The van der Waals surface area contributed by atoms with Gasteiger partial charge >= 0.3 is 6.18 Å². The van der Waals surface area contributed by atoms with Gasteiger partial charge in [-0.25, -0.2) is 0 Å². The Morgan fingerprint density at radius 2 is 1.93 bits per heavy atom. The van der Waals surface area contributed by atoms with E-state index in [-0.39, 0.29) is 5.82 Å². The van der Waals surface area contributed by atoms with Gasteiger partial charge in [0.2, 0.25) is 5.89 Å². The zero-order valence-corrected chi connectivity index (χ0v) is 7.59. The van der Waals surface area contributed by atoms with Crippen LogP contribution in [0.4, 0.5) is 13.2 Å². The molecule has 0 atom stereocenters. The van der Waals surface area contributed by atoms with Crippen molar-refractivity contribution < 1.29 is 22.8 Å². The fourth-order valence-electron chi connectivity index (χ4n) is 0.693. The van der Waals surface area contributed by atoms with E-state index in [4.69, 9.17) is 5.11 Å². The second-order valence-electron chi connectivity index (χ2n) is 3.30. The van der Waals surface area contributed by atoms with Crippen molar-refractivity contribution in [3.63, 3.8) is 0 Å². The highest BCUT2D eigenvalue weighted by molar-refractivity contribution is 5.04. The molecule has 0 aliphatic carbocycles. The third-order valence-corrected chi connectivity index (χ3v) is 1.85. The molecule has 0 aliphatic heterocycles. The first-order valence-corrected chi connectivity index (χ1v) is 3.79. The van der Waals surface area contributed by atoms with E-state index in [1.807, 2.05) is 0 Å². The number of rotatable bonds is 2. The summed E-state index contributed by atoms with van der Waals surface area (Å²) in [5, 5.41) is 11.7. The van der Waals surface area contributed by atoms with Crippen molar-refractivity contribution >= 4 is 0 Å². The Labute approximate surface area is 77.7 Å². The minimum absolute atomic E-state index is 0.155. The summed E-state index contributed by atoms with van der Waals surface area (Å²) in [6.07, 6.45) is -4.47. The van der Waals surface area contributed by atoms with Gasteiger partial charge in [-0.1, -0.05) is 5.16 Å². The molecule has 0 aromatic carbocycles. The van der Waals surface area contributed by atoms with Gasteiger partial charge in [0, 0.05) is 0 Å². The number of aliphatic hydroxyl groups is 1. The number of nitrogens with zero attached hydrogens (tertiary/aromatic N) is 2. The second-order valence-corrected chi connectivity index (χ2v) is 3.30. The van der Waals surface area contributed by atoms with Crippen LogP contribution in [0.15, 0.2) is 4.52 Å². The smallest absolute Gasteiger partial charge is 0.388 e. The van der Waals surface area contributed by atoms with Gasteiger partial charge in [-0.2, -0.15) is 18.2 Å². The van der Waals surface area contributed by atoms with Crippen LogP contribution in [0, 0.1) is 0 Å². The molecule has 0 fully saturated rings. The highest BCUT2D eigenvalue weighted by atomic mass is 19.4. The monoisotopic (exact) mass is 210 g/mol. The van der Waals surface area contributed by atoms with E-state index in [1.165, 1.54) is 0 Å². The zero-order chi connectivity index (χ0) is 11.0. The Morgan fingerprint density at radius 1 is 1.36 bits per heavy atom. The van der Waals surface area contributed by atoms with Crippen LogP contribution < -0.4 is 0 Å². The molecule has 7 heteroatoms. The summed E-state index contributed by atoms with van der Waals surface area (Å²) in [5.74, 6) is -0.702. The maximum Gasteiger partial charge on any atom is 0.402 e. The maximum absolute atomic E-state index is 12.4. The predicted molar refractivity (Wildman–Crippen MR) is 39.3 cm³/mol. The van der Waals surface area contributed by atoms with E-state index in [9.17, 15) is 13.2 Å².